The third kappa shape index (κ3) is 5.22. The minimum Gasteiger partial charge on any atom is -0.339 e. The molecule has 1 aliphatic heterocycles. The van der Waals surface area contributed by atoms with Crippen LogP contribution in [0.5, 0.6) is 0 Å². The van der Waals surface area contributed by atoms with Gasteiger partial charge in [0.1, 0.15) is 0 Å². The van der Waals surface area contributed by atoms with Gasteiger partial charge in [-0.1, -0.05) is 23.2 Å². The number of nitrogens with zero attached hydrogens (tertiary/aromatic N) is 3. The molecule has 1 saturated heterocycles. The van der Waals surface area contributed by atoms with Crippen molar-refractivity contribution in [1.29, 1.82) is 0 Å². The van der Waals surface area contributed by atoms with E-state index in [1.165, 1.54) is 19.3 Å². The highest BCUT2D eigenvalue weighted by atomic mass is 35.5. The molecule has 4 rings (SSSR count). The van der Waals surface area contributed by atoms with Gasteiger partial charge in [-0.25, -0.2) is 0 Å². The summed E-state index contributed by atoms with van der Waals surface area (Å²) in [6.45, 7) is 3.27. The molecule has 7 heteroatoms. The minimum absolute atomic E-state index is 0.186. The Morgan fingerprint density at radius 2 is 1.76 bits per heavy atom. The average molecular weight is 411 g/mol. The van der Waals surface area contributed by atoms with Crippen LogP contribution in [-0.2, 0) is 6.42 Å². The number of amides is 1. The predicted octanol–water partition coefficient (Wildman–Crippen LogP) is 4.67. The van der Waals surface area contributed by atoms with Crippen molar-refractivity contribution in [2.45, 2.75) is 25.7 Å². The van der Waals surface area contributed by atoms with Crippen molar-refractivity contribution >= 4 is 23.2 Å². The van der Waals surface area contributed by atoms with Crippen LogP contribution in [-0.4, -0.2) is 40.6 Å². The Bertz CT molecular complexity index is 948. The van der Waals surface area contributed by atoms with E-state index in [-0.39, 0.29) is 5.91 Å². The molecule has 0 radical (unpaired) electrons. The Labute approximate surface area is 174 Å². The summed E-state index contributed by atoms with van der Waals surface area (Å²) in [5, 5.41) is 7.56. The molecule has 2 heterocycles. The molecule has 1 amide bonds. The summed E-state index contributed by atoms with van der Waals surface area (Å²) < 4.78 is 5.40. The van der Waals surface area contributed by atoms with E-state index in [1.54, 1.807) is 24.3 Å². The fourth-order valence-corrected chi connectivity index (χ4v) is 3.54. The number of halogens is 1. The van der Waals surface area contributed by atoms with E-state index in [1.807, 2.05) is 24.3 Å². The molecule has 0 aliphatic carbocycles. The van der Waals surface area contributed by atoms with Crippen molar-refractivity contribution in [3.05, 3.63) is 65.0 Å². The lowest BCUT2D eigenvalue weighted by Gasteiger charge is -2.25. The Morgan fingerprint density at radius 1 is 1.03 bits per heavy atom. The Kier molecular flexibility index (Phi) is 6.22. The zero-order chi connectivity index (χ0) is 20.1. The molecule has 0 saturated carbocycles. The van der Waals surface area contributed by atoms with Gasteiger partial charge in [0.05, 0.1) is 0 Å². The standard InChI is InChI=1S/C22H23ClN4O2/c23-18-8-4-17(5-9-18)22(28)24-19-10-6-16(7-11-19)21-25-20(29-26-21)12-15-27-13-2-1-3-14-27/h4-11H,1-3,12-15H2,(H,24,28). The molecule has 0 atom stereocenters. The van der Waals surface area contributed by atoms with Gasteiger partial charge in [0.2, 0.25) is 11.7 Å². The Hall–Kier alpha value is -2.70. The van der Waals surface area contributed by atoms with E-state index < -0.39 is 0 Å². The SMILES string of the molecule is O=C(Nc1ccc(-c2noc(CCN3CCCCC3)n2)cc1)c1ccc(Cl)cc1. The molecule has 0 bridgehead atoms. The molecular formula is C22H23ClN4O2. The van der Waals surface area contributed by atoms with Gasteiger partial charge in [-0.2, -0.15) is 4.98 Å². The van der Waals surface area contributed by atoms with E-state index in [4.69, 9.17) is 16.1 Å². The number of hydrogen-bond donors (Lipinski definition) is 1. The van der Waals surface area contributed by atoms with Crippen LogP contribution >= 0.6 is 11.6 Å². The fourth-order valence-electron chi connectivity index (χ4n) is 3.42. The summed E-state index contributed by atoms with van der Waals surface area (Å²) in [6, 6.07) is 14.2. The van der Waals surface area contributed by atoms with Crippen LogP contribution in [0.2, 0.25) is 5.02 Å². The molecule has 29 heavy (non-hydrogen) atoms. The Balaban J connectivity index is 1.34. The quantitative estimate of drug-likeness (QED) is 0.639. The lowest BCUT2D eigenvalue weighted by Crippen LogP contribution is -2.31. The van der Waals surface area contributed by atoms with Gasteiger partial charge in [0.25, 0.3) is 5.91 Å². The predicted molar refractivity (Wildman–Crippen MR) is 113 cm³/mol. The Morgan fingerprint density at radius 3 is 2.48 bits per heavy atom. The van der Waals surface area contributed by atoms with E-state index in [9.17, 15) is 4.79 Å². The van der Waals surface area contributed by atoms with Gasteiger partial charge in [-0.15, -0.1) is 0 Å². The molecule has 0 spiro atoms. The highest BCUT2D eigenvalue weighted by molar-refractivity contribution is 6.30. The molecule has 3 aromatic rings. The van der Waals surface area contributed by atoms with Gasteiger partial charge in [0.15, 0.2) is 0 Å². The van der Waals surface area contributed by atoms with Crippen LogP contribution in [0.1, 0.15) is 35.5 Å². The molecular weight excluding hydrogens is 388 g/mol. The van der Waals surface area contributed by atoms with Crippen molar-refractivity contribution in [3.8, 4) is 11.4 Å². The number of carbonyl (C=O) groups is 1. The molecule has 0 unspecified atom stereocenters. The summed E-state index contributed by atoms with van der Waals surface area (Å²) in [4.78, 5) is 19.2. The maximum atomic E-state index is 12.3. The molecule has 1 N–H and O–H groups in total. The van der Waals surface area contributed by atoms with Crippen molar-refractivity contribution < 1.29 is 9.32 Å². The fraction of sp³-hybridized carbons (Fsp3) is 0.318. The van der Waals surface area contributed by atoms with Gasteiger partial charge in [-0.3, -0.25) is 4.79 Å². The van der Waals surface area contributed by atoms with E-state index >= 15 is 0 Å². The largest absolute Gasteiger partial charge is 0.339 e. The van der Waals surface area contributed by atoms with E-state index in [2.05, 4.69) is 20.4 Å². The van der Waals surface area contributed by atoms with Crippen LogP contribution in [0.15, 0.2) is 53.1 Å². The monoisotopic (exact) mass is 410 g/mol. The number of piperidine rings is 1. The number of nitrogens with one attached hydrogen (secondary N) is 1. The van der Waals surface area contributed by atoms with E-state index in [0.29, 0.717) is 28.0 Å². The lowest BCUT2D eigenvalue weighted by molar-refractivity contribution is 0.102. The smallest absolute Gasteiger partial charge is 0.255 e. The van der Waals surface area contributed by atoms with Crippen molar-refractivity contribution in [1.82, 2.24) is 15.0 Å². The zero-order valence-electron chi connectivity index (χ0n) is 16.1. The van der Waals surface area contributed by atoms with Crippen LogP contribution in [0.4, 0.5) is 5.69 Å². The second-order valence-corrected chi connectivity index (χ2v) is 7.64. The molecule has 2 aromatic carbocycles. The third-order valence-corrected chi connectivity index (χ3v) is 5.32. The number of benzene rings is 2. The highest BCUT2D eigenvalue weighted by Crippen LogP contribution is 2.20. The van der Waals surface area contributed by atoms with Crippen molar-refractivity contribution in [2.24, 2.45) is 0 Å². The number of anilines is 1. The summed E-state index contributed by atoms with van der Waals surface area (Å²) in [7, 11) is 0. The maximum absolute atomic E-state index is 12.3. The van der Waals surface area contributed by atoms with E-state index in [0.717, 1.165) is 31.6 Å². The average Bonchev–Trinajstić information content (AvgIpc) is 3.23. The van der Waals surface area contributed by atoms with Crippen LogP contribution in [0.3, 0.4) is 0 Å². The molecule has 1 fully saturated rings. The van der Waals surface area contributed by atoms with Crippen LogP contribution in [0.25, 0.3) is 11.4 Å². The van der Waals surface area contributed by atoms with Gasteiger partial charge in [0, 0.05) is 34.8 Å². The molecule has 1 aliphatic rings. The van der Waals surface area contributed by atoms with Crippen LogP contribution < -0.4 is 5.32 Å². The van der Waals surface area contributed by atoms with Crippen LogP contribution in [0, 0.1) is 0 Å². The highest BCUT2D eigenvalue weighted by Gasteiger charge is 2.13. The minimum atomic E-state index is -0.186. The maximum Gasteiger partial charge on any atom is 0.255 e. The summed E-state index contributed by atoms with van der Waals surface area (Å²) in [6.07, 6.45) is 4.64. The molecule has 1 aromatic heterocycles. The number of rotatable bonds is 6. The zero-order valence-corrected chi connectivity index (χ0v) is 16.9. The number of carbonyl (C=O) groups excluding carboxylic acids is 1. The second kappa shape index (κ2) is 9.20. The second-order valence-electron chi connectivity index (χ2n) is 7.20. The number of likely N-dealkylation sites (tertiary alicyclic amines) is 1. The number of aromatic nitrogens is 2. The molecule has 6 nitrogen and oxygen atoms in total. The first-order chi connectivity index (χ1) is 14.2. The molecule has 150 valence electrons. The van der Waals surface area contributed by atoms with Gasteiger partial charge < -0.3 is 14.7 Å². The first kappa shape index (κ1) is 19.6. The summed E-state index contributed by atoms with van der Waals surface area (Å²) in [5.74, 6) is 1.04. The summed E-state index contributed by atoms with van der Waals surface area (Å²) >= 11 is 5.86. The van der Waals surface area contributed by atoms with Gasteiger partial charge >= 0.3 is 0 Å². The normalized spacial score (nSPS) is 14.7. The van der Waals surface area contributed by atoms with Crippen molar-refractivity contribution in [3.63, 3.8) is 0 Å². The third-order valence-electron chi connectivity index (χ3n) is 5.07. The first-order valence-electron chi connectivity index (χ1n) is 9.90. The number of hydrogen-bond acceptors (Lipinski definition) is 5. The van der Waals surface area contributed by atoms with Gasteiger partial charge in [-0.05, 0) is 74.5 Å². The first-order valence-corrected chi connectivity index (χ1v) is 10.3. The lowest BCUT2D eigenvalue weighted by atomic mass is 10.1. The summed E-state index contributed by atoms with van der Waals surface area (Å²) in [5.41, 5.74) is 2.10. The van der Waals surface area contributed by atoms with Crippen molar-refractivity contribution in [2.75, 3.05) is 25.0 Å². The topological polar surface area (TPSA) is 71.3 Å².